The summed E-state index contributed by atoms with van der Waals surface area (Å²) >= 11 is 1.47. The van der Waals surface area contributed by atoms with Gasteiger partial charge in [0.1, 0.15) is 16.9 Å². The number of fused-ring (bicyclic) bond motifs is 3. The van der Waals surface area contributed by atoms with E-state index in [-0.39, 0.29) is 6.42 Å². The quantitative estimate of drug-likeness (QED) is 0.464. The van der Waals surface area contributed by atoms with E-state index in [9.17, 15) is 9.59 Å². The summed E-state index contributed by atoms with van der Waals surface area (Å²) in [6.07, 6.45) is -0.803. The van der Waals surface area contributed by atoms with Crippen molar-refractivity contribution in [3.05, 3.63) is 58.8 Å². The molecule has 1 atom stereocenters. The first kappa shape index (κ1) is 19.0. The van der Waals surface area contributed by atoms with Gasteiger partial charge in [0.05, 0.1) is 19.2 Å². The van der Waals surface area contributed by atoms with Gasteiger partial charge in [-0.25, -0.2) is 0 Å². The Balaban J connectivity index is 1.52. The van der Waals surface area contributed by atoms with Crippen molar-refractivity contribution >= 4 is 50.8 Å². The summed E-state index contributed by atoms with van der Waals surface area (Å²) in [5.74, 6) is -0.400. The van der Waals surface area contributed by atoms with E-state index in [1.54, 1.807) is 6.07 Å². The van der Waals surface area contributed by atoms with Crippen LogP contribution in [0.2, 0.25) is 0 Å². The van der Waals surface area contributed by atoms with Crippen molar-refractivity contribution in [2.24, 2.45) is 0 Å². The number of carbonyl (C=O) groups excluding carboxylic acids is 2. The maximum atomic E-state index is 12.6. The van der Waals surface area contributed by atoms with Crippen molar-refractivity contribution in [3.63, 3.8) is 0 Å². The van der Waals surface area contributed by atoms with E-state index < -0.39 is 18.0 Å². The Morgan fingerprint density at radius 2 is 1.93 bits per heavy atom. The molecule has 4 aromatic rings. The Kier molecular flexibility index (Phi) is 5.22. The number of anilines is 1. The normalized spacial score (nSPS) is 12.1. The predicted molar refractivity (Wildman–Crippen MR) is 112 cm³/mol. The first-order valence-electron chi connectivity index (χ1n) is 9.07. The molecule has 0 radical (unpaired) electrons. The fraction of sp³-hybridized carbons (Fsp3) is 0.182. The Hall–Kier alpha value is -3.32. The van der Waals surface area contributed by atoms with Gasteiger partial charge in [-0.2, -0.15) is 0 Å². The zero-order chi connectivity index (χ0) is 20.4. The second kappa shape index (κ2) is 7.97. The van der Waals surface area contributed by atoms with Crippen LogP contribution in [0.1, 0.15) is 11.8 Å². The van der Waals surface area contributed by atoms with Crippen LogP contribution in [0, 0.1) is 0 Å². The molecule has 2 aromatic carbocycles. The minimum atomic E-state index is -0.946. The van der Waals surface area contributed by atoms with Crippen molar-refractivity contribution in [1.29, 1.82) is 0 Å². The molecule has 0 saturated carbocycles. The summed E-state index contributed by atoms with van der Waals surface area (Å²) < 4.78 is 16.6. The van der Waals surface area contributed by atoms with E-state index in [0.717, 1.165) is 21.2 Å². The summed E-state index contributed by atoms with van der Waals surface area (Å²) in [6, 6.07) is 14.9. The summed E-state index contributed by atoms with van der Waals surface area (Å²) in [7, 11) is 1.53. The Morgan fingerprint density at radius 1 is 1.10 bits per heavy atom. The maximum Gasteiger partial charge on any atom is 0.311 e. The number of amides is 1. The van der Waals surface area contributed by atoms with E-state index in [1.165, 1.54) is 25.4 Å². The highest BCUT2D eigenvalue weighted by Gasteiger charge is 2.21. The third-order valence-corrected chi connectivity index (χ3v) is 5.41. The zero-order valence-corrected chi connectivity index (χ0v) is 16.7. The topological polar surface area (TPSA) is 77.8 Å². The van der Waals surface area contributed by atoms with Crippen LogP contribution < -0.4 is 10.1 Å². The van der Waals surface area contributed by atoms with Gasteiger partial charge in [-0.3, -0.25) is 9.59 Å². The third kappa shape index (κ3) is 3.95. The van der Waals surface area contributed by atoms with Gasteiger partial charge in [-0.05, 0) is 30.5 Å². The van der Waals surface area contributed by atoms with E-state index in [4.69, 9.17) is 13.9 Å². The number of nitrogens with one attached hydrogen (secondary N) is 1. The highest BCUT2D eigenvalue weighted by atomic mass is 32.1. The molecule has 2 heterocycles. The van der Waals surface area contributed by atoms with E-state index in [2.05, 4.69) is 5.32 Å². The summed E-state index contributed by atoms with van der Waals surface area (Å²) in [6.45, 7) is 1.54. The second-order valence-electron chi connectivity index (χ2n) is 6.52. The molecule has 1 N–H and O–H groups in total. The lowest BCUT2D eigenvalue weighted by molar-refractivity contribution is -0.152. The number of furan rings is 1. The molecule has 148 valence electrons. The molecule has 0 spiro atoms. The molecule has 4 rings (SSSR count). The number of hydrogen-bond donors (Lipinski definition) is 1. The number of benzene rings is 2. The van der Waals surface area contributed by atoms with Gasteiger partial charge in [0.15, 0.2) is 6.10 Å². The average Bonchev–Trinajstić information content (AvgIpc) is 3.34. The largest absolute Gasteiger partial charge is 0.495 e. The van der Waals surface area contributed by atoms with Gasteiger partial charge in [0.2, 0.25) is 0 Å². The van der Waals surface area contributed by atoms with Crippen LogP contribution in [0.4, 0.5) is 5.69 Å². The van der Waals surface area contributed by atoms with Crippen molar-refractivity contribution in [2.75, 3.05) is 12.4 Å². The van der Waals surface area contributed by atoms with E-state index in [0.29, 0.717) is 17.0 Å². The highest BCUT2D eigenvalue weighted by Crippen LogP contribution is 2.36. The lowest BCUT2D eigenvalue weighted by Gasteiger charge is -2.15. The van der Waals surface area contributed by atoms with Crippen molar-refractivity contribution in [2.45, 2.75) is 19.4 Å². The lowest BCUT2D eigenvalue weighted by atomic mass is 10.1. The van der Waals surface area contributed by atoms with Crippen LogP contribution in [0.25, 0.3) is 21.9 Å². The Labute approximate surface area is 171 Å². The standard InChI is InChI=1S/C22H19NO5S/c1-13(27-21(24)10-14-6-5-9-29-14)22(25)23-17-12-19-16(11-20(17)26-2)15-7-3-4-8-18(15)28-19/h3-9,11-13H,10H2,1-2H3,(H,23,25)/t13-/m1/s1. The van der Waals surface area contributed by atoms with Crippen molar-refractivity contribution < 1.29 is 23.5 Å². The molecule has 1 amide bonds. The van der Waals surface area contributed by atoms with Crippen LogP contribution in [0.3, 0.4) is 0 Å². The van der Waals surface area contributed by atoms with Gasteiger partial charge in [0.25, 0.3) is 5.91 Å². The molecule has 0 bridgehead atoms. The summed E-state index contributed by atoms with van der Waals surface area (Å²) in [5, 5.41) is 6.51. The van der Waals surface area contributed by atoms with Gasteiger partial charge < -0.3 is 19.2 Å². The van der Waals surface area contributed by atoms with E-state index in [1.807, 2.05) is 47.8 Å². The van der Waals surface area contributed by atoms with Crippen LogP contribution >= 0.6 is 11.3 Å². The number of methoxy groups -OCH3 is 1. The zero-order valence-electron chi connectivity index (χ0n) is 15.9. The summed E-state index contributed by atoms with van der Waals surface area (Å²) in [4.78, 5) is 25.5. The number of thiophene rings is 1. The monoisotopic (exact) mass is 409 g/mol. The number of carbonyl (C=O) groups is 2. The van der Waals surface area contributed by atoms with Crippen LogP contribution in [0.5, 0.6) is 5.75 Å². The maximum absolute atomic E-state index is 12.6. The molecular weight excluding hydrogens is 390 g/mol. The Bertz CT molecular complexity index is 1180. The molecule has 0 aliphatic heterocycles. The average molecular weight is 409 g/mol. The minimum absolute atomic E-state index is 0.142. The first-order valence-corrected chi connectivity index (χ1v) is 9.95. The molecule has 0 saturated heterocycles. The fourth-order valence-corrected chi connectivity index (χ4v) is 3.79. The van der Waals surface area contributed by atoms with Crippen molar-refractivity contribution in [1.82, 2.24) is 0 Å². The molecular formula is C22H19NO5S. The third-order valence-electron chi connectivity index (χ3n) is 4.53. The molecule has 2 aromatic heterocycles. The van der Waals surface area contributed by atoms with E-state index >= 15 is 0 Å². The number of esters is 1. The minimum Gasteiger partial charge on any atom is -0.495 e. The first-order chi connectivity index (χ1) is 14.0. The summed E-state index contributed by atoms with van der Waals surface area (Å²) in [5.41, 5.74) is 1.83. The molecule has 0 aliphatic rings. The molecule has 0 unspecified atom stereocenters. The van der Waals surface area contributed by atoms with Gasteiger partial charge in [0, 0.05) is 21.7 Å². The van der Waals surface area contributed by atoms with Crippen molar-refractivity contribution in [3.8, 4) is 5.75 Å². The second-order valence-corrected chi connectivity index (χ2v) is 7.56. The number of hydrogen-bond acceptors (Lipinski definition) is 6. The molecule has 29 heavy (non-hydrogen) atoms. The van der Waals surface area contributed by atoms with Crippen LogP contribution in [0.15, 0.2) is 58.3 Å². The molecule has 6 nitrogen and oxygen atoms in total. The number of ether oxygens (including phenoxy) is 2. The van der Waals surface area contributed by atoms with Gasteiger partial charge in [-0.15, -0.1) is 11.3 Å². The smallest absolute Gasteiger partial charge is 0.311 e. The SMILES string of the molecule is COc1cc2c(cc1NC(=O)[C@@H](C)OC(=O)Cc1cccs1)oc1ccccc12. The Morgan fingerprint density at radius 3 is 2.69 bits per heavy atom. The molecule has 0 fully saturated rings. The van der Waals surface area contributed by atoms with Gasteiger partial charge in [-0.1, -0.05) is 24.3 Å². The number of rotatable bonds is 6. The number of para-hydroxylation sites is 1. The lowest BCUT2D eigenvalue weighted by Crippen LogP contribution is -2.30. The van der Waals surface area contributed by atoms with Crippen LogP contribution in [-0.4, -0.2) is 25.1 Å². The highest BCUT2D eigenvalue weighted by molar-refractivity contribution is 7.10. The fourth-order valence-electron chi connectivity index (χ4n) is 3.10. The molecule has 0 aliphatic carbocycles. The molecule has 7 heteroatoms. The van der Waals surface area contributed by atoms with Gasteiger partial charge >= 0.3 is 5.97 Å². The predicted octanol–water partition coefficient (Wildman–Crippen LogP) is 4.77. The van der Waals surface area contributed by atoms with Crippen LogP contribution in [-0.2, 0) is 20.7 Å².